The highest BCUT2D eigenvalue weighted by Crippen LogP contribution is 2.33. The molecule has 1 aromatic carbocycles. The van der Waals surface area contributed by atoms with Crippen LogP contribution in [0, 0.1) is 0 Å². The number of aromatic nitrogens is 3. The number of carbonyl (C=O) groups is 1. The fourth-order valence-corrected chi connectivity index (χ4v) is 4.60. The predicted molar refractivity (Wildman–Crippen MR) is 136 cm³/mol. The van der Waals surface area contributed by atoms with E-state index in [9.17, 15) is 31.9 Å². The van der Waals surface area contributed by atoms with Gasteiger partial charge in [0.25, 0.3) is 11.8 Å². The predicted octanol–water partition coefficient (Wildman–Crippen LogP) is 3.66. The second-order valence-corrected chi connectivity index (χ2v) is 9.77. The van der Waals surface area contributed by atoms with Gasteiger partial charge in [-0.15, -0.1) is 0 Å². The number of hydrogen-bond acceptors (Lipinski definition) is 8. The average molecular weight is 589 g/mol. The molecule has 0 aliphatic carbocycles. The van der Waals surface area contributed by atoms with Gasteiger partial charge in [0.1, 0.15) is 5.82 Å². The third-order valence-electron chi connectivity index (χ3n) is 6.51. The lowest BCUT2D eigenvalue weighted by Crippen LogP contribution is -2.45. The minimum atomic E-state index is -4.75. The number of amides is 1. The molecule has 4 rings (SSSR count). The van der Waals surface area contributed by atoms with E-state index in [1.165, 1.54) is 6.07 Å². The fourth-order valence-electron chi connectivity index (χ4n) is 4.35. The summed E-state index contributed by atoms with van der Waals surface area (Å²) < 4.78 is 66.5. The Bertz CT molecular complexity index is 1340. The van der Waals surface area contributed by atoms with Gasteiger partial charge in [-0.1, -0.05) is 11.6 Å². The lowest BCUT2D eigenvalue weighted by atomic mass is 10.0. The van der Waals surface area contributed by atoms with Gasteiger partial charge in [-0.3, -0.25) is 9.69 Å². The van der Waals surface area contributed by atoms with Crippen LogP contribution in [0.1, 0.15) is 40.6 Å². The van der Waals surface area contributed by atoms with Gasteiger partial charge >= 0.3 is 6.18 Å². The lowest BCUT2D eigenvalue weighted by Gasteiger charge is -2.37. The van der Waals surface area contributed by atoms with Crippen LogP contribution >= 0.6 is 11.6 Å². The number of likely N-dealkylation sites (tertiary alicyclic amines) is 1. The van der Waals surface area contributed by atoms with E-state index in [0.29, 0.717) is 16.7 Å². The van der Waals surface area contributed by atoms with Crippen molar-refractivity contribution in [1.82, 2.24) is 25.2 Å². The van der Waals surface area contributed by atoms with Gasteiger partial charge in [0.15, 0.2) is 0 Å². The molecule has 1 aliphatic heterocycles. The summed E-state index contributed by atoms with van der Waals surface area (Å²) in [5.74, 6) is -4.40. The van der Waals surface area contributed by atoms with Crippen molar-refractivity contribution in [2.75, 3.05) is 38.1 Å². The number of piperidine rings is 1. The molecule has 2 atom stereocenters. The molecule has 216 valence electrons. The summed E-state index contributed by atoms with van der Waals surface area (Å²) in [6.07, 6.45) is -4.65. The summed E-state index contributed by atoms with van der Waals surface area (Å²) in [5.41, 5.74) is 0.732. The van der Waals surface area contributed by atoms with Gasteiger partial charge in [-0.2, -0.15) is 13.2 Å². The molecule has 2 unspecified atom stereocenters. The maximum atomic E-state index is 13.8. The lowest BCUT2D eigenvalue weighted by molar-refractivity contribution is -0.145. The number of carbonyl (C=O) groups excluding carboxylic acids is 1. The number of fused-ring (bicyclic) bond motifs is 1. The number of nitrogens with one attached hydrogen (secondary N) is 2. The van der Waals surface area contributed by atoms with Crippen LogP contribution in [0.15, 0.2) is 36.7 Å². The first kappa shape index (κ1) is 29.8. The summed E-state index contributed by atoms with van der Waals surface area (Å²) >= 11 is 6.35. The maximum absolute atomic E-state index is 13.8. The zero-order valence-corrected chi connectivity index (χ0v) is 21.7. The Balaban J connectivity index is 1.56. The van der Waals surface area contributed by atoms with Gasteiger partial charge < -0.3 is 20.8 Å². The van der Waals surface area contributed by atoms with Crippen LogP contribution < -0.4 is 10.6 Å². The Labute approximate surface area is 230 Å². The van der Waals surface area contributed by atoms with E-state index in [1.54, 1.807) is 23.1 Å². The number of aliphatic hydroxyl groups is 2. The fraction of sp³-hybridized carbons (Fsp3) is 0.440. The Morgan fingerprint density at radius 2 is 1.77 bits per heavy atom. The molecule has 3 aromatic rings. The average Bonchev–Trinajstić information content (AvgIpc) is 2.92. The van der Waals surface area contributed by atoms with Crippen molar-refractivity contribution in [2.24, 2.45) is 0 Å². The van der Waals surface area contributed by atoms with E-state index >= 15 is 0 Å². The van der Waals surface area contributed by atoms with Crippen LogP contribution in [0.4, 0.5) is 27.8 Å². The van der Waals surface area contributed by atoms with E-state index in [0.717, 1.165) is 12.4 Å². The minimum absolute atomic E-state index is 0.0474. The molecule has 1 saturated heterocycles. The van der Waals surface area contributed by atoms with Crippen molar-refractivity contribution >= 4 is 34.2 Å². The molecule has 3 heterocycles. The van der Waals surface area contributed by atoms with Gasteiger partial charge in [-0.25, -0.2) is 23.7 Å². The Morgan fingerprint density at radius 3 is 2.40 bits per heavy atom. The summed E-state index contributed by atoms with van der Waals surface area (Å²) in [7, 11) is 0. The van der Waals surface area contributed by atoms with Crippen molar-refractivity contribution < 1.29 is 37.0 Å². The summed E-state index contributed by atoms with van der Waals surface area (Å²) in [6, 6.07) is 5.47. The number of halogens is 6. The van der Waals surface area contributed by atoms with Crippen molar-refractivity contribution in [3.05, 3.63) is 58.6 Å². The third-order valence-corrected chi connectivity index (χ3v) is 6.83. The van der Waals surface area contributed by atoms with Crippen LogP contribution in [-0.4, -0.2) is 80.8 Å². The zero-order chi connectivity index (χ0) is 29.1. The van der Waals surface area contributed by atoms with Crippen LogP contribution in [0.3, 0.4) is 0 Å². The number of anilines is 1. The Kier molecular flexibility index (Phi) is 9.02. The SMILES string of the molecule is O=C(NCC(c1cnc(C(F)(F)F)nc1)N1CCC(F)(F)CC1)c1c(Cl)ccc2nc(NCC(O)CO)ccc12. The smallest absolute Gasteiger partial charge is 0.394 e. The molecule has 2 aromatic heterocycles. The van der Waals surface area contributed by atoms with Gasteiger partial charge in [0.05, 0.1) is 34.9 Å². The first-order valence-electron chi connectivity index (χ1n) is 12.3. The Morgan fingerprint density at radius 1 is 1.10 bits per heavy atom. The molecule has 4 N–H and O–H groups in total. The standard InChI is InChI=1S/C25H26ClF5N6O3/c26-17-2-3-18-16(1-4-20(36-18)32-11-15(39)13-38)21(17)22(40)33-12-19(37-7-5-24(27,28)6-8-37)14-9-34-23(35-10-14)25(29,30)31/h1-4,9-10,15,19,38-39H,5-8,11-13H2,(H,32,36)(H,33,40). The maximum Gasteiger partial charge on any atom is 0.451 e. The van der Waals surface area contributed by atoms with Gasteiger partial charge in [0.2, 0.25) is 5.82 Å². The van der Waals surface area contributed by atoms with E-state index in [2.05, 4.69) is 25.6 Å². The van der Waals surface area contributed by atoms with Crippen molar-refractivity contribution in [3.8, 4) is 0 Å². The molecular formula is C25H26ClF5N6O3. The highest BCUT2D eigenvalue weighted by molar-refractivity contribution is 6.35. The number of alkyl halides is 5. The summed E-state index contributed by atoms with van der Waals surface area (Å²) in [4.78, 5) is 26.1. The molecule has 1 aliphatic rings. The van der Waals surface area contributed by atoms with Crippen LogP contribution in [0.25, 0.3) is 10.9 Å². The number of hydrogen-bond donors (Lipinski definition) is 4. The number of benzene rings is 1. The van der Waals surface area contributed by atoms with Crippen molar-refractivity contribution in [1.29, 1.82) is 0 Å². The monoisotopic (exact) mass is 588 g/mol. The second kappa shape index (κ2) is 12.1. The van der Waals surface area contributed by atoms with Crippen LogP contribution in [0.2, 0.25) is 5.02 Å². The summed E-state index contributed by atoms with van der Waals surface area (Å²) in [5, 5.41) is 24.6. The highest BCUT2D eigenvalue weighted by Gasteiger charge is 2.38. The zero-order valence-electron chi connectivity index (χ0n) is 20.9. The summed E-state index contributed by atoms with van der Waals surface area (Å²) in [6.45, 7) is -0.617. The van der Waals surface area contributed by atoms with E-state index < -0.39 is 55.4 Å². The number of rotatable bonds is 9. The highest BCUT2D eigenvalue weighted by atomic mass is 35.5. The molecule has 9 nitrogen and oxygen atoms in total. The molecule has 0 spiro atoms. The first-order chi connectivity index (χ1) is 18.9. The van der Waals surface area contributed by atoms with Crippen LogP contribution in [-0.2, 0) is 6.18 Å². The van der Waals surface area contributed by atoms with Gasteiger partial charge in [0, 0.05) is 62.4 Å². The second-order valence-electron chi connectivity index (χ2n) is 9.36. The number of pyridine rings is 1. The van der Waals surface area contributed by atoms with Crippen molar-refractivity contribution in [2.45, 2.75) is 37.1 Å². The van der Waals surface area contributed by atoms with E-state index in [-0.39, 0.29) is 42.3 Å². The largest absolute Gasteiger partial charge is 0.451 e. The Hall–Kier alpha value is -3.20. The normalized spacial score (nSPS) is 17.4. The molecule has 1 amide bonds. The molecular weight excluding hydrogens is 563 g/mol. The molecule has 1 fully saturated rings. The van der Waals surface area contributed by atoms with E-state index in [1.807, 2.05) is 0 Å². The molecule has 40 heavy (non-hydrogen) atoms. The third kappa shape index (κ3) is 7.11. The van der Waals surface area contributed by atoms with E-state index in [4.69, 9.17) is 16.7 Å². The number of aliphatic hydroxyl groups excluding tert-OH is 2. The molecule has 0 bridgehead atoms. The molecule has 0 saturated carbocycles. The molecule has 0 radical (unpaired) electrons. The quantitative estimate of drug-likeness (QED) is 0.279. The minimum Gasteiger partial charge on any atom is -0.394 e. The van der Waals surface area contributed by atoms with Crippen LogP contribution in [0.5, 0.6) is 0 Å². The number of nitrogens with zero attached hydrogens (tertiary/aromatic N) is 4. The first-order valence-corrected chi connectivity index (χ1v) is 12.7. The molecule has 15 heteroatoms. The topological polar surface area (TPSA) is 124 Å². The van der Waals surface area contributed by atoms with Gasteiger partial charge in [-0.05, 0) is 24.3 Å². The van der Waals surface area contributed by atoms with Crippen molar-refractivity contribution in [3.63, 3.8) is 0 Å².